The molecule has 0 saturated carbocycles. The number of hydrogen-bond acceptors (Lipinski definition) is 4. The Balaban J connectivity index is 1.64. The van der Waals surface area contributed by atoms with Crippen molar-refractivity contribution in [3.63, 3.8) is 0 Å². The number of benzene rings is 2. The zero-order valence-electron chi connectivity index (χ0n) is 14.7. The Bertz CT molecular complexity index is 836. The number of amides is 1. The fraction of sp³-hybridized carbons (Fsp3) is 0.300. The summed E-state index contributed by atoms with van der Waals surface area (Å²) in [5, 5.41) is 0. The molecule has 0 unspecified atom stereocenters. The van der Waals surface area contributed by atoms with Gasteiger partial charge >= 0.3 is 5.97 Å². The minimum absolute atomic E-state index is 0.0342. The van der Waals surface area contributed by atoms with Gasteiger partial charge in [-0.15, -0.1) is 0 Å². The van der Waals surface area contributed by atoms with E-state index in [1.54, 1.807) is 4.90 Å². The van der Waals surface area contributed by atoms with Crippen molar-refractivity contribution < 1.29 is 23.5 Å². The summed E-state index contributed by atoms with van der Waals surface area (Å²) >= 11 is 0. The Morgan fingerprint density at radius 3 is 2.58 bits per heavy atom. The van der Waals surface area contributed by atoms with Crippen molar-refractivity contribution in [3.8, 4) is 5.75 Å². The van der Waals surface area contributed by atoms with E-state index in [4.69, 9.17) is 9.47 Å². The third kappa shape index (κ3) is 3.69. The Kier molecular flexibility index (Phi) is 5.21. The molecule has 26 heavy (non-hydrogen) atoms. The Labute approximate surface area is 151 Å². The monoisotopic (exact) mass is 357 g/mol. The molecule has 1 amide bonds. The summed E-state index contributed by atoms with van der Waals surface area (Å²) in [6.07, 6.45) is -0.176. The summed E-state index contributed by atoms with van der Waals surface area (Å²) in [6.45, 7) is 2.60. The zero-order chi connectivity index (χ0) is 18.7. The van der Waals surface area contributed by atoms with Gasteiger partial charge in [0.1, 0.15) is 0 Å². The highest BCUT2D eigenvalue weighted by Crippen LogP contribution is 2.21. The highest BCUT2D eigenvalue weighted by molar-refractivity contribution is 5.92. The topological polar surface area (TPSA) is 55.8 Å². The van der Waals surface area contributed by atoms with Gasteiger partial charge in [0.05, 0.1) is 12.7 Å². The first-order valence-electron chi connectivity index (χ1n) is 8.39. The summed E-state index contributed by atoms with van der Waals surface area (Å²) in [4.78, 5) is 26.5. The lowest BCUT2D eigenvalue weighted by Gasteiger charge is -2.30. The van der Waals surface area contributed by atoms with Gasteiger partial charge in [-0.2, -0.15) is 0 Å². The largest absolute Gasteiger partial charge is 0.494 e. The molecule has 0 fully saturated rings. The molecule has 2 aromatic carbocycles. The van der Waals surface area contributed by atoms with Gasteiger partial charge in [0, 0.05) is 13.1 Å². The Morgan fingerprint density at radius 2 is 1.88 bits per heavy atom. The van der Waals surface area contributed by atoms with E-state index < -0.39 is 17.9 Å². The van der Waals surface area contributed by atoms with Crippen LogP contribution in [0.4, 0.5) is 4.39 Å². The lowest BCUT2D eigenvalue weighted by atomic mass is 9.99. The van der Waals surface area contributed by atoms with E-state index in [2.05, 4.69) is 6.07 Å². The molecule has 0 aromatic heterocycles. The second kappa shape index (κ2) is 7.56. The van der Waals surface area contributed by atoms with Crippen molar-refractivity contribution >= 4 is 11.9 Å². The SMILES string of the molecule is COc1ccc(C(=O)O[C@H](C)C(=O)N2CCc3ccccc3C2)cc1F. The first-order chi connectivity index (χ1) is 12.5. The van der Waals surface area contributed by atoms with Crippen molar-refractivity contribution in [2.24, 2.45) is 0 Å². The van der Waals surface area contributed by atoms with Gasteiger partial charge in [0.15, 0.2) is 17.7 Å². The van der Waals surface area contributed by atoms with Gasteiger partial charge in [0.2, 0.25) is 0 Å². The third-order valence-electron chi connectivity index (χ3n) is 4.46. The molecule has 1 atom stereocenters. The minimum Gasteiger partial charge on any atom is -0.494 e. The number of fused-ring (bicyclic) bond motifs is 1. The summed E-state index contributed by atoms with van der Waals surface area (Å²) in [5.41, 5.74) is 2.37. The first kappa shape index (κ1) is 17.9. The minimum atomic E-state index is -0.946. The quantitative estimate of drug-likeness (QED) is 0.790. The van der Waals surface area contributed by atoms with Gasteiger partial charge in [-0.1, -0.05) is 24.3 Å². The molecule has 3 rings (SSSR count). The number of hydrogen-bond donors (Lipinski definition) is 0. The fourth-order valence-electron chi connectivity index (χ4n) is 3.01. The predicted octanol–water partition coefficient (Wildman–Crippen LogP) is 2.96. The number of ether oxygens (including phenoxy) is 2. The van der Waals surface area contributed by atoms with Gasteiger partial charge in [-0.05, 0) is 42.7 Å². The van der Waals surface area contributed by atoms with E-state index >= 15 is 0 Å². The van der Waals surface area contributed by atoms with Gasteiger partial charge < -0.3 is 14.4 Å². The normalized spacial score (nSPS) is 14.3. The molecule has 1 aliphatic heterocycles. The number of carbonyl (C=O) groups excluding carboxylic acids is 2. The maximum Gasteiger partial charge on any atom is 0.339 e. The van der Waals surface area contributed by atoms with E-state index in [9.17, 15) is 14.0 Å². The maximum atomic E-state index is 13.7. The van der Waals surface area contributed by atoms with Crippen molar-refractivity contribution in [2.45, 2.75) is 26.0 Å². The van der Waals surface area contributed by atoms with E-state index in [0.29, 0.717) is 13.1 Å². The predicted molar refractivity (Wildman–Crippen MR) is 93.4 cm³/mol. The van der Waals surface area contributed by atoms with Crippen LogP contribution >= 0.6 is 0 Å². The van der Waals surface area contributed by atoms with Crippen molar-refractivity contribution in [2.75, 3.05) is 13.7 Å². The highest BCUT2D eigenvalue weighted by Gasteiger charge is 2.27. The van der Waals surface area contributed by atoms with Crippen molar-refractivity contribution in [1.29, 1.82) is 0 Å². The molecule has 0 saturated heterocycles. The average molecular weight is 357 g/mol. The molecule has 136 valence electrons. The number of rotatable bonds is 4. The number of halogens is 1. The van der Waals surface area contributed by atoms with E-state index in [1.807, 2.05) is 18.2 Å². The second-order valence-electron chi connectivity index (χ2n) is 6.18. The molecular formula is C20H20FNO4. The smallest absolute Gasteiger partial charge is 0.339 e. The van der Waals surface area contributed by atoms with Crippen LogP contribution in [0.25, 0.3) is 0 Å². The van der Waals surface area contributed by atoms with Gasteiger partial charge in [-0.3, -0.25) is 4.79 Å². The van der Waals surface area contributed by atoms with Crippen LogP contribution in [0.1, 0.15) is 28.4 Å². The number of methoxy groups -OCH3 is 1. The molecule has 6 heteroatoms. The molecule has 5 nitrogen and oxygen atoms in total. The Morgan fingerprint density at radius 1 is 1.15 bits per heavy atom. The van der Waals surface area contributed by atoms with E-state index in [1.165, 1.54) is 31.7 Å². The summed E-state index contributed by atoms with van der Waals surface area (Å²) in [6, 6.07) is 11.8. The number of esters is 1. The van der Waals surface area contributed by atoms with Crippen LogP contribution in [-0.2, 0) is 22.5 Å². The molecule has 0 aliphatic carbocycles. The third-order valence-corrected chi connectivity index (χ3v) is 4.46. The molecule has 2 aromatic rings. The first-order valence-corrected chi connectivity index (χ1v) is 8.39. The second-order valence-corrected chi connectivity index (χ2v) is 6.18. The standard InChI is InChI=1S/C20H20FNO4/c1-13(26-20(24)15-7-8-18(25-2)17(21)11-15)19(23)22-10-9-14-5-3-4-6-16(14)12-22/h3-8,11,13H,9-10,12H2,1-2H3/t13-/m1/s1. The molecule has 1 heterocycles. The molecule has 1 aliphatic rings. The van der Waals surface area contributed by atoms with Crippen LogP contribution in [0.3, 0.4) is 0 Å². The van der Waals surface area contributed by atoms with Crippen LogP contribution in [0.5, 0.6) is 5.75 Å². The lowest BCUT2D eigenvalue weighted by Crippen LogP contribution is -2.42. The van der Waals surface area contributed by atoms with Crippen LogP contribution < -0.4 is 4.74 Å². The van der Waals surface area contributed by atoms with Gasteiger partial charge in [-0.25, -0.2) is 9.18 Å². The van der Waals surface area contributed by atoms with Crippen LogP contribution in [0.15, 0.2) is 42.5 Å². The summed E-state index contributed by atoms with van der Waals surface area (Å²) in [5.74, 6) is -1.63. The molecular weight excluding hydrogens is 337 g/mol. The molecule has 0 N–H and O–H groups in total. The number of carbonyl (C=O) groups is 2. The van der Waals surface area contributed by atoms with E-state index in [-0.39, 0.29) is 17.2 Å². The highest BCUT2D eigenvalue weighted by atomic mass is 19.1. The summed E-state index contributed by atoms with van der Waals surface area (Å²) in [7, 11) is 1.34. The molecule has 0 radical (unpaired) electrons. The zero-order valence-corrected chi connectivity index (χ0v) is 14.7. The van der Waals surface area contributed by atoms with Crippen LogP contribution in [0, 0.1) is 5.82 Å². The van der Waals surface area contributed by atoms with Gasteiger partial charge in [0.25, 0.3) is 5.91 Å². The van der Waals surface area contributed by atoms with Crippen LogP contribution in [-0.4, -0.2) is 36.5 Å². The van der Waals surface area contributed by atoms with Crippen molar-refractivity contribution in [3.05, 3.63) is 65.0 Å². The molecule has 0 bridgehead atoms. The molecule has 0 spiro atoms. The fourth-order valence-corrected chi connectivity index (χ4v) is 3.01. The average Bonchev–Trinajstić information content (AvgIpc) is 2.66. The lowest BCUT2D eigenvalue weighted by molar-refractivity contribution is -0.140. The van der Waals surface area contributed by atoms with Crippen LogP contribution in [0.2, 0.25) is 0 Å². The van der Waals surface area contributed by atoms with Crippen molar-refractivity contribution in [1.82, 2.24) is 4.90 Å². The number of nitrogens with zero attached hydrogens (tertiary/aromatic N) is 1. The van der Waals surface area contributed by atoms with E-state index in [0.717, 1.165) is 18.1 Å². The maximum absolute atomic E-state index is 13.7. The Hall–Kier alpha value is -2.89. The summed E-state index contributed by atoms with van der Waals surface area (Å²) < 4.78 is 23.8.